The van der Waals surface area contributed by atoms with Gasteiger partial charge in [-0.1, -0.05) is 60.5 Å². The molecule has 1 aliphatic rings. The predicted molar refractivity (Wildman–Crippen MR) is 157 cm³/mol. The number of nitrogens with one attached hydrogen (secondary N) is 2. The Kier molecular flexibility index (Phi) is 11.0. The summed E-state index contributed by atoms with van der Waals surface area (Å²) in [6, 6.07) is 14.9. The number of hydrogen-bond acceptors (Lipinski definition) is 4. The Morgan fingerprint density at radius 3 is 2.50 bits per heavy atom. The Labute approximate surface area is 238 Å². The molecular weight excluding hydrogens is 519 g/mol. The minimum absolute atomic E-state index is 0.0152. The van der Waals surface area contributed by atoms with Gasteiger partial charge >= 0.3 is 0 Å². The Morgan fingerprint density at radius 1 is 1.16 bits per heavy atom. The van der Waals surface area contributed by atoms with Crippen molar-refractivity contribution in [2.45, 2.75) is 70.5 Å². The van der Waals surface area contributed by atoms with Crippen molar-refractivity contribution in [1.29, 1.82) is 0 Å². The lowest BCUT2D eigenvalue weighted by Gasteiger charge is -2.34. The predicted octanol–water partition coefficient (Wildman–Crippen LogP) is 5.60. The zero-order chi connectivity index (χ0) is 27.9. The maximum absolute atomic E-state index is 13.8. The van der Waals surface area contributed by atoms with Crippen LogP contribution < -0.4 is 10.6 Å². The van der Waals surface area contributed by atoms with Crippen LogP contribution in [0.1, 0.15) is 68.8 Å². The van der Waals surface area contributed by atoms with Crippen LogP contribution in [-0.2, 0) is 4.79 Å². The second-order valence-corrected chi connectivity index (χ2v) is 12.0. The Hall–Kier alpha value is -2.12. The topological polar surface area (TPSA) is 64.7 Å². The minimum atomic E-state index is -0.317. The number of carbonyl (C=O) groups is 2. The highest BCUT2D eigenvalue weighted by molar-refractivity contribution is 6.42. The number of carbonyl (C=O) groups excluding carboxylic acids is 2. The monoisotopic (exact) mass is 560 g/mol. The highest BCUT2D eigenvalue weighted by atomic mass is 35.5. The van der Waals surface area contributed by atoms with Gasteiger partial charge in [0.1, 0.15) is 0 Å². The number of halogens is 2. The van der Waals surface area contributed by atoms with Crippen molar-refractivity contribution < 1.29 is 9.59 Å². The summed E-state index contributed by atoms with van der Waals surface area (Å²) in [5, 5.41) is 7.36. The van der Waals surface area contributed by atoms with E-state index in [0.717, 1.165) is 19.4 Å². The Balaban J connectivity index is 1.72. The minimum Gasteiger partial charge on any atom is -0.350 e. The van der Waals surface area contributed by atoms with E-state index >= 15 is 0 Å². The average Bonchev–Trinajstić information content (AvgIpc) is 3.04. The van der Waals surface area contributed by atoms with Gasteiger partial charge in [-0.15, -0.1) is 0 Å². The summed E-state index contributed by atoms with van der Waals surface area (Å²) in [6.07, 6.45) is 2.41. The highest BCUT2D eigenvalue weighted by Crippen LogP contribution is 2.24. The van der Waals surface area contributed by atoms with E-state index in [0.29, 0.717) is 41.7 Å². The summed E-state index contributed by atoms with van der Waals surface area (Å²) >= 11 is 12.1. The van der Waals surface area contributed by atoms with Crippen LogP contribution in [0, 0.1) is 0 Å². The van der Waals surface area contributed by atoms with Crippen LogP contribution in [0.2, 0.25) is 10.0 Å². The molecule has 2 amide bonds. The van der Waals surface area contributed by atoms with Gasteiger partial charge in [0.15, 0.2) is 0 Å². The van der Waals surface area contributed by atoms with Crippen LogP contribution in [0.4, 0.5) is 0 Å². The largest absolute Gasteiger partial charge is 0.350 e. The van der Waals surface area contributed by atoms with Gasteiger partial charge in [-0.3, -0.25) is 9.59 Å². The zero-order valence-electron chi connectivity index (χ0n) is 23.3. The number of rotatable bonds is 10. The fourth-order valence-corrected chi connectivity index (χ4v) is 5.00. The number of nitrogens with zero attached hydrogens (tertiary/aromatic N) is 2. The van der Waals surface area contributed by atoms with Crippen LogP contribution in [-0.4, -0.2) is 72.5 Å². The Morgan fingerprint density at radius 2 is 1.87 bits per heavy atom. The maximum atomic E-state index is 13.8. The normalized spacial score (nSPS) is 19.4. The molecule has 1 saturated heterocycles. The molecule has 1 aliphatic heterocycles. The molecular formula is C30H42Cl2N4O2. The second kappa shape index (κ2) is 13.8. The van der Waals surface area contributed by atoms with Gasteiger partial charge in [-0.05, 0) is 70.8 Å². The van der Waals surface area contributed by atoms with Crippen molar-refractivity contribution in [3.05, 3.63) is 69.7 Å². The summed E-state index contributed by atoms with van der Waals surface area (Å²) < 4.78 is 0. The fourth-order valence-electron chi connectivity index (χ4n) is 4.71. The van der Waals surface area contributed by atoms with E-state index in [2.05, 4.69) is 74.5 Å². The smallest absolute Gasteiger partial charge is 0.251 e. The number of amides is 2. The molecule has 38 heavy (non-hydrogen) atoms. The molecule has 8 heteroatoms. The van der Waals surface area contributed by atoms with E-state index in [1.54, 1.807) is 18.2 Å². The molecule has 1 unspecified atom stereocenters. The SMILES string of the molecule is CCC(CN1CC[C@@H](CNC(=O)c2ccc(Cl)c(Cl)c2)N[C@@H](CCN(C)C(C)(C)C)C1=O)c1ccccc1. The van der Waals surface area contributed by atoms with Gasteiger partial charge in [-0.25, -0.2) is 0 Å². The maximum Gasteiger partial charge on any atom is 0.251 e. The molecule has 0 saturated carbocycles. The van der Waals surface area contributed by atoms with E-state index in [1.165, 1.54) is 5.56 Å². The second-order valence-electron chi connectivity index (χ2n) is 11.2. The molecule has 2 aromatic carbocycles. The van der Waals surface area contributed by atoms with E-state index in [1.807, 2.05) is 11.0 Å². The van der Waals surface area contributed by atoms with Crippen LogP contribution in [0.3, 0.4) is 0 Å². The third kappa shape index (κ3) is 8.44. The average molecular weight is 562 g/mol. The van der Waals surface area contributed by atoms with E-state index in [4.69, 9.17) is 23.2 Å². The lowest BCUT2D eigenvalue weighted by molar-refractivity contribution is -0.133. The molecule has 1 heterocycles. The third-order valence-corrected chi connectivity index (χ3v) is 8.33. The first kappa shape index (κ1) is 30.4. The van der Waals surface area contributed by atoms with Crippen LogP contribution in [0.5, 0.6) is 0 Å². The van der Waals surface area contributed by atoms with E-state index < -0.39 is 0 Å². The van der Waals surface area contributed by atoms with Crippen molar-refractivity contribution in [3.63, 3.8) is 0 Å². The first-order chi connectivity index (χ1) is 18.0. The molecule has 1 fully saturated rings. The molecule has 208 valence electrons. The zero-order valence-corrected chi connectivity index (χ0v) is 24.8. The summed E-state index contributed by atoms with van der Waals surface area (Å²) in [4.78, 5) is 30.9. The van der Waals surface area contributed by atoms with Crippen molar-refractivity contribution >= 4 is 35.0 Å². The summed E-state index contributed by atoms with van der Waals surface area (Å²) in [6.45, 7) is 11.2. The molecule has 0 bridgehead atoms. The van der Waals surface area contributed by atoms with Gasteiger partial charge in [0.2, 0.25) is 5.91 Å². The molecule has 0 radical (unpaired) electrons. The summed E-state index contributed by atoms with van der Waals surface area (Å²) in [5.74, 6) is 0.209. The standard InChI is InChI=1S/C30H42Cl2N4O2/c1-6-21(22-10-8-7-9-11-22)20-36-17-14-24(19-33-28(37)23-12-13-25(31)26(32)18-23)34-27(29(36)38)15-16-35(5)30(2,3)4/h7-13,18,21,24,27,34H,6,14-17,19-20H2,1-5H3,(H,33,37)/t21?,24-,27-/m0/s1. The third-order valence-electron chi connectivity index (χ3n) is 7.59. The fraction of sp³-hybridized carbons (Fsp3) is 0.533. The van der Waals surface area contributed by atoms with E-state index in [-0.39, 0.29) is 35.4 Å². The molecule has 2 N–H and O–H groups in total. The van der Waals surface area contributed by atoms with Crippen molar-refractivity contribution in [1.82, 2.24) is 20.4 Å². The van der Waals surface area contributed by atoms with Gasteiger partial charge in [0.05, 0.1) is 16.1 Å². The lowest BCUT2D eigenvalue weighted by atomic mass is 9.95. The van der Waals surface area contributed by atoms with Gasteiger partial charge in [0, 0.05) is 49.2 Å². The molecule has 0 aliphatic carbocycles. The summed E-state index contributed by atoms with van der Waals surface area (Å²) in [7, 11) is 2.09. The number of benzene rings is 2. The summed E-state index contributed by atoms with van der Waals surface area (Å²) in [5.41, 5.74) is 1.73. The van der Waals surface area contributed by atoms with Gasteiger partial charge in [-0.2, -0.15) is 0 Å². The van der Waals surface area contributed by atoms with Gasteiger partial charge < -0.3 is 20.4 Å². The highest BCUT2D eigenvalue weighted by Gasteiger charge is 2.33. The molecule has 2 aromatic rings. The lowest BCUT2D eigenvalue weighted by Crippen LogP contribution is -2.51. The first-order valence-corrected chi connectivity index (χ1v) is 14.3. The van der Waals surface area contributed by atoms with Crippen LogP contribution in [0.15, 0.2) is 48.5 Å². The van der Waals surface area contributed by atoms with Crippen molar-refractivity contribution in [3.8, 4) is 0 Å². The van der Waals surface area contributed by atoms with E-state index in [9.17, 15) is 9.59 Å². The molecule has 0 spiro atoms. The van der Waals surface area contributed by atoms with Crippen LogP contribution in [0.25, 0.3) is 0 Å². The molecule has 3 rings (SSSR count). The quantitative estimate of drug-likeness (QED) is 0.397. The van der Waals surface area contributed by atoms with Gasteiger partial charge in [0.25, 0.3) is 5.91 Å². The molecule has 3 atom stereocenters. The van der Waals surface area contributed by atoms with Crippen molar-refractivity contribution in [2.24, 2.45) is 0 Å². The van der Waals surface area contributed by atoms with Crippen LogP contribution >= 0.6 is 23.2 Å². The molecule has 0 aromatic heterocycles. The molecule has 6 nitrogen and oxygen atoms in total. The first-order valence-electron chi connectivity index (χ1n) is 13.5. The van der Waals surface area contributed by atoms with Crippen molar-refractivity contribution in [2.75, 3.05) is 33.2 Å². The number of hydrogen-bond donors (Lipinski definition) is 2. The Bertz CT molecular complexity index is 1070.